The molecule has 0 heterocycles. The molecule has 0 saturated heterocycles. The zero-order chi connectivity index (χ0) is 11.4. The highest BCUT2D eigenvalue weighted by Gasteiger charge is 2.20. The number of aliphatic hydroxyl groups excluding tert-OH is 2. The van der Waals surface area contributed by atoms with E-state index in [1.54, 1.807) is 0 Å². The van der Waals surface area contributed by atoms with E-state index in [1.807, 2.05) is 48.6 Å². The summed E-state index contributed by atoms with van der Waals surface area (Å²) >= 11 is 0. The lowest BCUT2D eigenvalue weighted by Gasteiger charge is -2.19. The van der Waals surface area contributed by atoms with E-state index in [0.717, 1.165) is 0 Å². The maximum Gasteiger partial charge on any atom is 0.0638 e. The molecule has 0 fully saturated rings. The van der Waals surface area contributed by atoms with Crippen LogP contribution in [0.3, 0.4) is 0 Å². The standard InChI is InChI=1S/C14H18O2/c15-13(11-5-1-2-6-11)9-10-14(16)12-7-3-4-8-12/h1-8,11-16H,9-10H2/t13-,14+. The molecular formula is C14H18O2. The van der Waals surface area contributed by atoms with E-state index in [2.05, 4.69) is 0 Å². The van der Waals surface area contributed by atoms with Crippen molar-refractivity contribution in [2.24, 2.45) is 11.8 Å². The Morgan fingerprint density at radius 2 is 1.00 bits per heavy atom. The van der Waals surface area contributed by atoms with Crippen LogP contribution in [0.2, 0.25) is 0 Å². The SMILES string of the molecule is O[C@H](CC[C@H](O)C1C=CC=C1)C1C=CC=C1. The van der Waals surface area contributed by atoms with Gasteiger partial charge >= 0.3 is 0 Å². The normalized spacial score (nSPS) is 23.4. The maximum atomic E-state index is 9.89. The van der Waals surface area contributed by atoms with Gasteiger partial charge in [-0.25, -0.2) is 0 Å². The third-order valence-electron chi connectivity index (χ3n) is 3.20. The van der Waals surface area contributed by atoms with Crippen molar-refractivity contribution in [2.45, 2.75) is 25.0 Å². The van der Waals surface area contributed by atoms with Crippen molar-refractivity contribution in [1.82, 2.24) is 0 Å². The Hall–Kier alpha value is -1.12. The van der Waals surface area contributed by atoms with Gasteiger partial charge in [0.2, 0.25) is 0 Å². The van der Waals surface area contributed by atoms with Crippen LogP contribution in [0.5, 0.6) is 0 Å². The van der Waals surface area contributed by atoms with Gasteiger partial charge in [-0.1, -0.05) is 48.6 Å². The molecule has 2 aliphatic rings. The predicted octanol–water partition coefficient (Wildman–Crippen LogP) is 1.97. The third kappa shape index (κ3) is 2.71. The Labute approximate surface area is 96.3 Å². The predicted molar refractivity (Wildman–Crippen MR) is 64.8 cm³/mol. The lowest BCUT2D eigenvalue weighted by Crippen LogP contribution is -2.22. The van der Waals surface area contributed by atoms with E-state index in [1.165, 1.54) is 0 Å². The Morgan fingerprint density at radius 1 is 0.688 bits per heavy atom. The Kier molecular flexibility index (Phi) is 3.75. The summed E-state index contributed by atoms with van der Waals surface area (Å²) in [6.07, 6.45) is 16.3. The van der Waals surface area contributed by atoms with Gasteiger partial charge in [-0.15, -0.1) is 0 Å². The molecule has 2 atom stereocenters. The van der Waals surface area contributed by atoms with E-state index >= 15 is 0 Å². The highest BCUT2D eigenvalue weighted by Crippen LogP contribution is 2.22. The van der Waals surface area contributed by atoms with Gasteiger partial charge in [-0.3, -0.25) is 0 Å². The van der Waals surface area contributed by atoms with Gasteiger partial charge < -0.3 is 10.2 Å². The van der Waals surface area contributed by atoms with Crippen LogP contribution in [-0.2, 0) is 0 Å². The zero-order valence-electron chi connectivity index (χ0n) is 9.24. The molecule has 0 saturated carbocycles. The van der Waals surface area contributed by atoms with Gasteiger partial charge in [0.1, 0.15) is 0 Å². The van der Waals surface area contributed by atoms with Crippen LogP contribution in [0.25, 0.3) is 0 Å². The summed E-state index contributed by atoms with van der Waals surface area (Å²) in [5, 5.41) is 19.8. The smallest absolute Gasteiger partial charge is 0.0638 e. The van der Waals surface area contributed by atoms with Crippen molar-refractivity contribution in [3.63, 3.8) is 0 Å². The summed E-state index contributed by atoms with van der Waals surface area (Å²) in [4.78, 5) is 0. The summed E-state index contributed by atoms with van der Waals surface area (Å²) in [6, 6.07) is 0. The topological polar surface area (TPSA) is 40.5 Å². The summed E-state index contributed by atoms with van der Waals surface area (Å²) in [5.74, 6) is 0.253. The van der Waals surface area contributed by atoms with Gasteiger partial charge in [-0.05, 0) is 12.8 Å². The largest absolute Gasteiger partial charge is 0.392 e. The molecule has 2 aliphatic carbocycles. The number of rotatable bonds is 5. The maximum absolute atomic E-state index is 9.89. The second-order valence-electron chi connectivity index (χ2n) is 4.41. The number of aliphatic hydroxyl groups is 2. The lowest BCUT2D eigenvalue weighted by molar-refractivity contribution is 0.0894. The minimum Gasteiger partial charge on any atom is -0.392 e. The molecule has 2 rings (SSSR count). The molecule has 0 aromatic carbocycles. The average Bonchev–Trinajstić information content (AvgIpc) is 2.95. The van der Waals surface area contributed by atoms with Gasteiger partial charge in [0.05, 0.1) is 12.2 Å². The third-order valence-corrected chi connectivity index (χ3v) is 3.20. The second kappa shape index (κ2) is 5.28. The van der Waals surface area contributed by atoms with Crippen LogP contribution in [-0.4, -0.2) is 22.4 Å². The molecule has 16 heavy (non-hydrogen) atoms. The van der Waals surface area contributed by atoms with Crippen LogP contribution >= 0.6 is 0 Å². The summed E-state index contributed by atoms with van der Waals surface area (Å²) in [7, 11) is 0. The Balaban J connectivity index is 1.74. The highest BCUT2D eigenvalue weighted by molar-refractivity contribution is 5.20. The van der Waals surface area contributed by atoms with E-state index in [0.29, 0.717) is 12.8 Å². The molecule has 2 heteroatoms. The Morgan fingerprint density at radius 3 is 1.31 bits per heavy atom. The van der Waals surface area contributed by atoms with Gasteiger partial charge in [0.25, 0.3) is 0 Å². The first-order valence-electron chi connectivity index (χ1n) is 5.83. The summed E-state index contributed by atoms with van der Waals surface area (Å²) < 4.78 is 0. The van der Waals surface area contributed by atoms with Crippen LogP contribution in [0.1, 0.15) is 12.8 Å². The van der Waals surface area contributed by atoms with Gasteiger partial charge in [-0.2, -0.15) is 0 Å². The molecule has 0 bridgehead atoms. The fourth-order valence-corrected chi connectivity index (χ4v) is 2.14. The quantitative estimate of drug-likeness (QED) is 0.740. The van der Waals surface area contributed by atoms with E-state index < -0.39 is 0 Å². The number of hydrogen-bond donors (Lipinski definition) is 2. The van der Waals surface area contributed by atoms with Crippen LogP contribution < -0.4 is 0 Å². The molecule has 0 aliphatic heterocycles. The van der Waals surface area contributed by atoms with Crippen molar-refractivity contribution >= 4 is 0 Å². The number of allylic oxidation sites excluding steroid dienone is 4. The first kappa shape index (κ1) is 11.4. The molecule has 0 radical (unpaired) electrons. The number of hydrogen-bond acceptors (Lipinski definition) is 2. The fourth-order valence-electron chi connectivity index (χ4n) is 2.14. The molecule has 0 amide bonds. The van der Waals surface area contributed by atoms with Crippen molar-refractivity contribution in [3.8, 4) is 0 Å². The fraction of sp³-hybridized carbons (Fsp3) is 0.429. The molecule has 0 unspecified atom stereocenters. The van der Waals surface area contributed by atoms with Crippen molar-refractivity contribution in [2.75, 3.05) is 0 Å². The minimum atomic E-state index is -0.376. The first-order chi connectivity index (χ1) is 7.77. The second-order valence-corrected chi connectivity index (χ2v) is 4.41. The molecular weight excluding hydrogens is 200 g/mol. The monoisotopic (exact) mass is 218 g/mol. The van der Waals surface area contributed by atoms with E-state index in [9.17, 15) is 10.2 Å². The first-order valence-corrected chi connectivity index (χ1v) is 5.83. The van der Waals surface area contributed by atoms with Crippen LogP contribution in [0, 0.1) is 11.8 Å². The molecule has 0 aromatic rings. The lowest BCUT2D eigenvalue weighted by atomic mass is 9.94. The zero-order valence-corrected chi connectivity index (χ0v) is 9.24. The van der Waals surface area contributed by atoms with Crippen LogP contribution in [0.15, 0.2) is 48.6 Å². The molecule has 2 nitrogen and oxygen atoms in total. The van der Waals surface area contributed by atoms with E-state index in [-0.39, 0.29) is 24.0 Å². The van der Waals surface area contributed by atoms with Crippen molar-refractivity contribution in [3.05, 3.63) is 48.6 Å². The van der Waals surface area contributed by atoms with Crippen molar-refractivity contribution < 1.29 is 10.2 Å². The summed E-state index contributed by atoms with van der Waals surface area (Å²) in [6.45, 7) is 0. The molecule has 2 N–H and O–H groups in total. The highest BCUT2D eigenvalue weighted by atomic mass is 16.3. The Bertz CT molecular complexity index is 281. The van der Waals surface area contributed by atoms with Crippen molar-refractivity contribution in [1.29, 1.82) is 0 Å². The molecule has 0 spiro atoms. The summed E-state index contributed by atoms with van der Waals surface area (Å²) in [5.41, 5.74) is 0. The van der Waals surface area contributed by atoms with E-state index in [4.69, 9.17) is 0 Å². The average molecular weight is 218 g/mol. The van der Waals surface area contributed by atoms with Gasteiger partial charge in [0.15, 0.2) is 0 Å². The minimum absolute atomic E-state index is 0.127. The van der Waals surface area contributed by atoms with Gasteiger partial charge in [0, 0.05) is 11.8 Å². The van der Waals surface area contributed by atoms with Crippen LogP contribution in [0.4, 0.5) is 0 Å². The molecule has 86 valence electrons. The molecule has 0 aromatic heterocycles.